The summed E-state index contributed by atoms with van der Waals surface area (Å²) in [4.78, 5) is 23.5. The van der Waals surface area contributed by atoms with Crippen LogP contribution in [0.5, 0.6) is 0 Å². The van der Waals surface area contributed by atoms with Gasteiger partial charge in [-0.2, -0.15) is 0 Å². The first-order valence-corrected chi connectivity index (χ1v) is 7.58. The van der Waals surface area contributed by atoms with Gasteiger partial charge in [0.1, 0.15) is 0 Å². The van der Waals surface area contributed by atoms with Crippen LogP contribution in [0.1, 0.15) is 50.3 Å². The molecule has 1 fully saturated rings. The molecule has 0 aromatic heterocycles. The first-order chi connectivity index (χ1) is 9.95. The molecule has 114 valence electrons. The molecule has 0 radical (unpaired) electrons. The third-order valence-electron chi connectivity index (χ3n) is 3.96. The van der Waals surface area contributed by atoms with E-state index >= 15 is 0 Å². The number of rotatable bonds is 6. The molecule has 0 unspecified atom stereocenters. The van der Waals surface area contributed by atoms with Gasteiger partial charge in [0.2, 0.25) is 11.8 Å². The highest BCUT2D eigenvalue weighted by molar-refractivity contribution is 5.79. The van der Waals surface area contributed by atoms with Gasteiger partial charge in [-0.05, 0) is 38.2 Å². The third kappa shape index (κ3) is 4.88. The lowest BCUT2D eigenvalue weighted by atomic mass is 10.0. The Labute approximate surface area is 126 Å². The number of hydrogen-bond donors (Lipinski definition) is 2. The number of amides is 2. The Morgan fingerprint density at radius 3 is 2.33 bits per heavy atom. The highest BCUT2D eigenvalue weighted by atomic mass is 16.2. The average molecular weight is 288 g/mol. The molecule has 0 bridgehead atoms. The number of hydrogen-bond acceptors (Lipinski definition) is 2. The highest BCUT2D eigenvalue weighted by Crippen LogP contribution is 2.32. The average Bonchev–Trinajstić information content (AvgIpc) is 3.22. The summed E-state index contributed by atoms with van der Waals surface area (Å²) in [5.41, 5.74) is 2.12. The minimum Gasteiger partial charge on any atom is -0.353 e. The zero-order valence-electron chi connectivity index (χ0n) is 13.0. The van der Waals surface area contributed by atoms with Crippen molar-refractivity contribution < 1.29 is 9.59 Å². The monoisotopic (exact) mass is 288 g/mol. The Bertz CT molecular complexity index is 506. The van der Waals surface area contributed by atoms with E-state index in [1.54, 1.807) is 0 Å². The van der Waals surface area contributed by atoms with Crippen molar-refractivity contribution in [3.8, 4) is 0 Å². The molecule has 2 N–H and O–H groups in total. The summed E-state index contributed by atoms with van der Waals surface area (Å²) in [6, 6.07) is 7.88. The molecule has 2 amide bonds. The van der Waals surface area contributed by atoms with Crippen LogP contribution in [0, 0.1) is 12.8 Å². The van der Waals surface area contributed by atoms with Gasteiger partial charge in [-0.15, -0.1) is 0 Å². The molecule has 1 aromatic rings. The zero-order chi connectivity index (χ0) is 15.4. The molecular weight excluding hydrogens is 264 g/mol. The molecule has 2 rings (SSSR count). The summed E-state index contributed by atoms with van der Waals surface area (Å²) in [7, 11) is 0. The SMILES string of the molecule is CC(=O)N[C@H](CC(=O)N[C@@H](C)C1CC1)c1ccc(C)cc1. The standard InChI is InChI=1S/C17H24N2O2/c1-11-4-6-15(7-5-11)16(19-13(3)20)10-17(21)18-12(2)14-8-9-14/h4-7,12,14,16H,8-10H2,1-3H3,(H,18,21)(H,19,20)/t12-,16+/m0/s1. The van der Waals surface area contributed by atoms with Crippen LogP contribution in [0.15, 0.2) is 24.3 Å². The molecule has 0 spiro atoms. The van der Waals surface area contributed by atoms with Gasteiger partial charge >= 0.3 is 0 Å². The lowest BCUT2D eigenvalue weighted by Gasteiger charge is -2.20. The third-order valence-corrected chi connectivity index (χ3v) is 3.96. The Hall–Kier alpha value is -1.84. The van der Waals surface area contributed by atoms with Gasteiger partial charge in [0.15, 0.2) is 0 Å². The molecule has 2 atom stereocenters. The second kappa shape index (κ2) is 6.74. The van der Waals surface area contributed by atoms with Crippen molar-refractivity contribution in [2.24, 2.45) is 5.92 Å². The van der Waals surface area contributed by atoms with Crippen molar-refractivity contribution in [3.05, 3.63) is 35.4 Å². The van der Waals surface area contributed by atoms with Crippen LogP contribution < -0.4 is 10.6 Å². The molecule has 4 heteroatoms. The van der Waals surface area contributed by atoms with Gasteiger partial charge in [-0.3, -0.25) is 9.59 Å². The molecule has 0 saturated heterocycles. The van der Waals surface area contributed by atoms with Crippen molar-refractivity contribution in [2.75, 3.05) is 0 Å². The summed E-state index contributed by atoms with van der Waals surface area (Å²) in [5.74, 6) is 0.505. The predicted molar refractivity (Wildman–Crippen MR) is 82.7 cm³/mol. The Morgan fingerprint density at radius 1 is 1.19 bits per heavy atom. The quantitative estimate of drug-likeness (QED) is 0.845. The fraction of sp³-hybridized carbons (Fsp3) is 0.529. The second-order valence-corrected chi connectivity index (χ2v) is 6.06. The molecule has 1 aromatic carbocycles. The molecule has 1 saturated carbocycles. The van der Waals surface area contributed by atoms with Gasteiger partial charge in [-0.1, -0.05) is 29.8 Å². The smallest absolute Gasteiger partial charge is 0.222 e. The lowest BCUT2D eigenvalue weighted by Crippen LogP contribution is -2.37. The molecule has 0 aliphatic heterocycles. The molecule has 4 nitrogen and oxygen atoms in total. The number of benzene rings is 1. The summed E-state index contributed by atoms with van der Waals surface area (Å²) in [6.45, 7) is 5.54. The Kier molecular flexibility index (Phi) is 4.99. The van der Waals surface area contributed by atoms with E-state index in [1.165, 1.54) is 19.8 Å². The van der Waals surface area contributed by atoms with E-state index in [0.717, 1.165) is 11.1 Å². The summed E-state index contributed by atoms with van der Waals surface area (Å²) >= 11 is 0. The van der Waals surface area contributed by atoms with E-state index in [2.05, 4.69) is 17.6 Å². The van der Waals surface area contributed by atoms with E-state index in [1.807, 2.05) is 31.2 Å². The number of carbonyl (C=O) groups excluding carboxylic acids is 2. The number of nitrogens with one attached hydrogen (secondary N) is 2. The molecule has 0 heterocycles. The first kappa shape index (κ1) is 15.5. The topological polar surface area (TPSA) is 58.2 Å². The van der Waals surface area contributed by atoms with E-state index in [-0.39, 0.29) is 30.3 Å². The predicted octanol–water partition coefficient (Wildman–Crippen LogP) is 2.48. The van der Waals surface area contributed by atoms with Crippen LogP contribution in [0.3, 0.4) is 0 Å². The summed E-state index contributed by atoms with van der Waals surface area (Å²) in [6.07, 6.45) is 2.68. The van der Waals surface area contributed by atoms with E-state index in [9.17, 15) is 9.59 Å². The minimum atomic E-state index is -0.269. The number of aryl methyl sites for hydroxylation is 1. The van der Waals surface area contributed by atoms with E-state index < -0.39 is 0 Å². The first-order valence-electron chi connectivity index (χ1n) is 7.58. The largest absolute Gasteiger partial charge is 0.353 e. The van der Waals surface area contributed by atoms with Gasteiger partial charge < -0.3 is 10.6 Å². The fourth-order valence-corrected chi connectivity index (χ4v) is 2.51. The maximum Gasteiger partial charge on any atom is 0.222 e. The maximum atomic E-state index is 12.2. The molecule has 1 aliphatic rings. The van der Waals surface area contributed by atoms with E-state index in [0.29, 0.717) is 5.92 Å². The van der Waals surface area contributed by atoms with E-state index in [4.69, 9.17) is 0 Å². The Balaban J connectivity index is 1.99. The van der Waals surface area contributed by atoms with Gasteiger partial charge in [-0.25, -0.2) is 0 Å². The van der Waals surface area contributed by atoms with Crippen molar-refractivity contribution >= 4 is 11.8 Å². The van der Waals surface area contributed by atoms with Crippen LogP contribution in [0.25, 0.3) is 0 Å². The lowest BCUT2D eigenvalue weighted by molar-refractivity contribution is -0.123. The van der Waals surface area contributed by atoms with Gasteiger partial charge in [0, 0.05) is 13.0 Å². The van der Waals surface area contributed by atoms with Gasteiger partial charge in [0.25, 0.3) is 0 Å². The van der Waals surface area contributed by atoms with Crippen LogP contribution in [0.4, 0.5) is 0 Å². The van der Waals surface area contributed by atoms with Crippen LogP contribution in [0.2, 0.25) is 0 Å². The molecule has 21 heavy (non-hydrogen) atoms. The van der Waals surface area contributed by atoms with Crippen molar-refractivity contribution in [1.82, 2.24) is 10.6 Å². The second-order valence-electron chi connectivity index (χ2n) is 6.06. The normalized spacial score (nSPS) is 16.9. The van der Waals surface area contributed by atoms with Crippen LogP contribution in [-0.4, -0.2) is 17.9 Å². The van der Waals surface area contributed by atoms with Gasteiger partial charge in [0.05, 0.1) is 12.5 Å². The van der Waals surface area contributed by atoms with Crippen molar-refractivity contribution in [1.29, 1.82) is 0 Å². The summed E-state index contributed by atoms with van der Waals surface area (Å²) < 4.78 is 0. The van der Waals surface area contributed by atoms with Crippen LogP contribution >= 0.6 is 0 Å². The Morgan fingerprint density at radius 2 is 1.81 bits per heavy atom. The molecule has 1 aliphatic carbocycles. The minimum absolute atomic E-state index is 0.00581. The summed E-state index contributed by atoms with van der Waals surface area (Å²) in [5, 5.41) is 5.90. The van der Waals surface area contributed by atoms with Crippen molar-refractivity contribution in [3.63, 3.8) is 0 Å². The van der Waals surface area contributed by atoms with Crippen LogP contribution in [-0.2, 0) is 9.59 Å². The maximum absolute atomic E-state index is 12.2. The van der Waals surface area contributed by atoms with Crippen molar-refractivity contribution in [2.45, 2.75) is 52.1 Å². The molecular formula is C17H24N2O2. The highest BCUT2D eigenvalue weighted by Gasteiger charge is 2.29. The fourth-order valence-electron chi connectivity index (χ4n) is 2.51. The zero-order valence-corrected chi connectivity index (χ0v) is 13.0. The number of carbonyl (C=O) groups is 2.